The Bertz CT molecular complexity index is 711. The van der Waals surface area contributed by atoms with Crippen LogP contribution in [0.4, 0.5) is 0 Å². The standard InChI is InChI=1S/C18H20N2O4/c1-2-3-13-4-8-16(9-5-13)24-12-18(23)20-19-11-14-6-7-15(21)10-17(14)22/h4-11,21-22H,2-3,12H2,1H3,(H,20,23)/b19-11+. The summed E-state index contributed by atoms with van der Waals surface area (Å²) in [5.74, 6) is 0.0239. The monoisotopic (exact) mass is 328 g/mol. The number of phenols is 2. The maximum absolute atomic E-state index is 11.7. The molecule has 0 bridgehead atoms. The van der Waals surface area contributed by atoms with E-state index in [0.717, 1.165) is 12.8 Å². The molecular weight excluding hydrogens is 308 g/mol. The van der Waals surface area contributed by atoms with Crippen molar-refractivity contribution in [1.29, 1.82) is 0 Å². The first-order valence-electron chi connectivity index (χ1n) is 7.64. The van der Waals surface area contributed by atoms with Gasteiger partial charge in [0.05, 0.1) is 6.21 Å². The fraction of sp³-hybridized carbons (Fsp3) is 0.222. The van der Waals surface area contributed by atoms with Crippen LogP contribution in [0.2, 0.25) is 0 Å². The van der Waals surface area contributed by atoms with Crippen LogP contribution in [0.5, 0.6) is 17.2 Å². The fourth-order valence-electron chi connectivity index (χ4n) is 2.04. The lowest BCUT2D eigenvalue weighted by molar-refractivity contribution is -0.123. The van der Waals surface area contributed by atoms with Gasteiger partial charge in [-0.25, -0.2) is 5.43 Å². The van der Waals surface area contributed by atoms with Gasteiger partial charge in [0.25, 0.3) is 5.91 Å². The Morgan fingerprint density at radius 1 is 1.21 bits per heavy atom. The van der Waals surface area contributed by atoms with Crippen molar-refractivity contribution in [1.82, 2.24) is 5.43 Å². The van der Waals surface area contributed by atoms with Crippen LogP contribution in [0, 0.1) is 0 Å². The van der Waals surface area contributed by atoms with Crippen LogP contribution in [-0.2, 0) is 11.2 Å². The summed E-state index contributed by atoms with van der Waals surface area (Å²) in [6.07, 6.45) is 3.38. The van der Waals surface area contributed by atoms with E-state index in [0.29, 0.717) is 11.3 Å². The molecule has 2 rings (SSSR count). The van der Waals surface area contributed by atoms with Crippen molar-refractivity contribution in [3.63, 3.8) is 0 Å². The molecule has 0 unspecified atom stereocenters. The number of nitrogens with one attached hydrogen (secondary N) is 1. The Morgan fingerprint density at radius 3 is 2.62 bits per heavy atom. The smallest absolute Gasteiger partial charge is 0.277 e. The average Bonchev–Trinajstić information content (AvgIpc) is 2.56. The second-order valence-electron chi connectivity index (χ2n) is 5.22. The number of aromatic hydroxyl groups is 2. The zero-order chi connectivity index (χ0) is 17.4. The predicted molar refractivity (Wildman–Crippen MR) is 91.4 cm³/mol. The van der Waals surface area contributed by atoms with Crippen molar-refractivity contribution >= 4 is 12.1 Å². The van der Waals surface area contributed by atoms with Gasteiger partial charge in [-0.05, 0) is 36.2 Å². The molecule has 0 saturated carbocycles. The van der Waals surface area contributed by atoms with Gasteiger partial charge in [0.1, 0.15) is 17.2 Å². The molecule has 126 valence electrons. The van der Waals surface area contributed by atoms with Crippen LogP contribution in [-0.4, -0.2) is 28.9 Å². The Hall–Kier alpha value is -3.02. The Balaban J connectivity index is 1.79. The van der Waals surface area contributed by atoms with Gasteiger partial charge in [-0.1, -0.05) is 25.5 Å². The lowest BCUT2D eigenvalue weighted by Gasteiger charge is -2.06. The van der Waals surface area contributed by atoms with Crippen molar-refractivity contribution < 1.29 is 19.7 Å². The van der Waals surface area contributed by atoms with Gasteiger partial charge < -0.3 is 14.9 Å². The number of hydrogen-bond donors (Lipinski definition) is 3. The summed E-state index contributed by atoms with van der Waals surface area (Å²) >= 11 is 0. The van der Waals surface area contributed by atoms with Crippen molar-refractivity contribution in [2.75, 3.05) is 6.61 Å². The summed E-state index contributed by atoms with van der Waals surface area (Å²) in [5, 5.41) is 22.5. The molecule has 0 aliphatic carbocycles. The Labute approximate surface area is 140 Å². The highest BCUT2D eigenvalue weighted by molar-refractivity contribution is 5.85. The van der Waals surface area contributed by atoms with Gasteiger partial charge in [0.2, 0.25) is 0 Å². The van der Waals surface area contributed by atoms with Crippen molar-refractivity contribution in [3.05, 3.63) is 53.6 Å². The summed E-state index contributed by atoms with van der Waals surface area (Å²) in [6, 6.07) is 11.7. The zero-order valence-electron chi connectivity index (χ0n) is 13.4. The molecule has 6 heteroatoms. The number of benzene rings is 2. The van der Waals surface area contributed by atoms with E-state index < -0.39 is 5.91 Å². The summed E-state index contributed by atoms with van der Waals surface area (Å²) in [6.45, 7) is 1.96. The fourth-order valence-corrected chi connectivity index (χ4v) is 2.04. The predicted octanol–water partition coefficient (Wildman–Crippen LogP) is 2.58. The van der Waals surface area contributed by atoms with Gasteiger partial charge in [-0.15, -0.1) is 0 Å². The number of ether oxygens (including phenoxy) is 1. The number of carbonyl (C=O) groups excluding carboxylic acids is 1. The van der Waals surface area contributed by atoms with E-state index in [4.69, 9.17) is 4.74 Å². The highest BCUT2D eigenvalue weighted by Crippen LogP contribution is 2.20. The van der Waals surface area contributed by atoms with Crippen LogP contribution in [0.3, 0.4) is 0 Å². The number of aryl methyl sites for hydroxylation is 1. The van der Waals surface area contributed by atoms with Crippen LogP contribution in [0.15, 0.2) is 47.6 Å². The van der Waals surface area contributed by atoms with E-state index >= 15 is 0 Å². The number of amides is 1. The van der Waals surface area contributed by atoms with Crippen LogP contribution >= 0.6 is 0 Å². The summed E-state index contributed by atoms with van der Waals surface area (Å²) in [4.78, 5) is 11.7. The van der Waals surface area contributed by atoms with E-state index in [1.165, 1.54) is 30.0 Å². The topological polar surface area (TPSA) is 91.2 Å². The Kier molecular flexibility index (Phi) is 6.19. The van der Waals surface area contributed by atoms with Crippen molar-refractivity contribution in [2.24, 2.45) is 5.10 Å². The third-order valence-electron chi connectivity index (χ3n) is 3.24. The molecule has 2 aromatic carbocycles. The third-order valence-corrected chi connectivity index (χ3v) is 3.24. The first-order valence-corrected chi connectivity index (χ1v) is 7.64. The molecule has 0 aromatic heterocycles. The quantitative estimate of drug-likeness (QED) is 0.538. The van der Waals surface area contributed by atoms with Crippen molar-refractivity contribution in [3.8, 4) is 17.2 Å². The maximum atomic E-state index is 11.7. The van der Waals surface area contributed by atoms with Crippen LogP contribution in [0.1, 0.15) is 24.5 Å². The molecule has 6 nitrogen and oxygen atoms in total. The number of hydrazone groups is 1. The second-order valence-corrected chi connectivity index (χ2v) is 5.22. The Morgan fingerprint density at radius 2 is 1.96 bits per heavy atom. The van der Waals surface area contributed by atoms with E-state index in [1.54, 1.807) is 0 Å². The first-order chi connectivity index (χ1) is 11.6. The molecule has 0 spiro atoms. The van der Waals surface area contributed by atoms with Gasteiger partial charge >= 0.3 is 0 Å². The minimum atomic E-state index is -0.415. The summed E-state index contributed by atoms with van der Waals surface area (Å²) in [7, 11) is 0. The van der Waals surface area contributed by atoms with Crippen LogP contribution < -0.4 is 10.2 Å². The van der Waals surface area contributed by atoms with E-state index in [1.807, 2.05) is 24.3 Å². The van der Waals surface area contributed by atoms with Crippen LogP contribution in [0.25, 0.3) is 0 Å². The minimum Gasteiger partial charge on any atom is -0.508 e. The molecule has 0 aliphatic rings. The highest BCUT2D eigenvalue weighted by atomic mass is 16.5. The number of hydrogen-bond acceptors (Lipinski definition) is 5. The third kappa shape index (κ3) is 5.31. The molecule has 0 saturated heterocycles. The normalized spacial score (nSPS) is 10.7. The largest absolute Gasteiger partial charge is 0.508 e. The molecule has 0 heterocycles. The molecule has 1 amide bonds. The maximum Gasteiger partial charge on any atom is 0.277 e. The molecule has 24 heavy (non-hydrogen) atoms. The lowest BCUT2D eigenvalue weighted by atomic mass is 10.1. The average molecular weight is 328 g/mol. The number of rotatable bonds is 7. The number of phenolic OH excluding ortho intramolecular Hbond substituents is 2. The number of nitrogens with zero attached hydrogens (tertiary/aromatic N) is 1. The summed E-state index contributed by atoms with van der Waals surface area (Å²) in [5.41, 5.74) is 3.91. The second kappa shape index (κ2) is 8.57. The van der Waals surface area contributed by atoms with Gasteiger partial charge in [-0.2, -0.15) is 5.10 Å². The molecule has 0 radical (unpaired) electrons. The van der Waals surface area contributed by atoms with Crippen molar-refractivity contribution in [2.45, 2.75) is 19.8 Å². The van der Waals surface area contributed by atoms with E-state index in [2.05, 4.69) is 17.5 Å². The van der Waals surface area contributed by atoms with Gasteiger partial charge in [0, 0.05) is 11.6 Å². The lowest BCUT2D eigenvalue weighted by Crippen LogP contribution is -2.24. The molecule has 0 fully saturated rings. The SMILES string of the molecule is CCCc1ccc(OCC(=O)N/N=C/c2ccc(O)cc2O)cc1. The van der Waals surface area contributed by atoms with Gasteiger partial charge in [0.15, 0.2) is 6.61 Å². The molecule has 2 aromatic rings. The molecule has 0 aliphatic heterocycles. The van der Waals surface area contributed by atoms with E-state index in [9.17, 15) is 15.0 Å². The molecule has 3 N–H and O–H groups in total. The van der Waals surface area contributed by atoms with Gasteiger partial charge in [-0.3, -0.25) is 4.79 Å². The first kappa shape index (κ1) is 17.3. The highest BCUT2D eigenvalue weighted by Gasteiger charge is 2.03. The van der Waals surface area contributed by atoms with E-state index in [-0.39, 0.29) is 18.1 Å². The number of carbonyl (C=O) groups is 1. The molecule has 0 atom stereocenters. The summed E-state index contributed by atoms with van der Waals surface area (Å²) < 4.78 is 5.37. The minimum absolute atomic E-state index is 0.0490. The molecular formula is C18H20N2O4. The zero-order valence-corrected chi connectivity index (χ0v) is 13.4.